The van der Waals surface area contributed by atoms with Crippen LogP contribution in [-0.4, -0.2) is 29.2 Å². The van der Waals surface area contributed by atoms with Gasteiger partial charge in [0.25, 0.3) is 11.1 Å². The maximum atomic E-state index is 14.1. The fraction of sp³-hybridized carbons (Fsp3) is 0.120. The third kappa shape index (κ3) is 5.55. The first-order valence-corrected chi connectivity index (χ1v) is 11.8. The molecule has 0 bridgehead atoms. The number of amides is 2. The molecule has 34 heavy (non-hydrogen) atoms. The van der Waals surface area contributed by atoms with E-state index in [9.17, 15) is 14.0 Å². The van der Waals surface area contributed by atoms with Gasteiger partial charge in [-0.25, -0.2) is 4.39 Å². The van der Waals surface area contributed by atoms with E-state index in [1.807, 2.05) is 0 Å². The van der Waals surface area contributed by atoms with E-state index in [0.717, 1.165) is 16.7 Å². The maximum absolute atomic E-state index is 14.1. The molecule has 0 spiro atoms. The van der Waals surface area contributed by atoms with Crippen molar-refractivity contribution in [1.29, 1.82) is 0 Å². The van der Waals surface area contributed by atoms with Crippen molar-refractivity contribution in [3.05, 3.63) is 98.6 Å². The number of carbonyl (C=O) groups excluding carboxylic acids is 2. The van der Waals surface area contributed by atoms with Crippen LogP contribution >= 0.6 is 35.0 Å². The topological polar surface area (TPSA) is 55.8 Å². The third-order valence-electron chi connectivity index (χ3n) is 4.92. The lowest BCUT2D eigenvalue weighted by atomic mass is 10.1. The molecule has 2 amide bonds. The first kappa shape index (κ1) is 24.1. The molecule has 1 heterocycles. The number of thioether (sulfide) groups is 1. The van der Waals surface area contributed by atoms with Crippen molar-refractivity contribution in [2.45, 2.75) is 6.61 Å². The first-order chi connectivity index (χ1) is 16.4. The van der Waals surface area contributed by atoms with Crippen molar-refractivity contribution in [1.82, 2.24) is 4.90 Å². The van der Waals surface area contributed by atoms with Gasteiger partial charge in [0.15, 0.2) is 0 Å². The molecule has 4 rings (SSSR count). The lowest BCUT2D eigenvalue weighted by molar-refractivity contribution is -0.123. The minimum absolute atomic E-state index is 0.0805. The molecule has 0 aromatic heterocycles. The lowest BCUT2D eigenvalue weighted by Gasteiger charge is -2.14. The minimum atomic E-state index is -0.467. The summed E-state index contributed by atoms with van der Waals surface area (Å²) < 4.78 is 25.4. The Morgan fingerprint density at radius 1 is 0.882 bits per heavy atom. The summed E-state index contributed by atoms with van der Waals surface area (Å²) >= 11 is 13.0. The standard InChI is InChI=1S/C25H18Cl2FNO4S/c26-18-8-5-9-20(28)17(18)15-33-21-10-3-1-6-16(21)14-23-24(30)29(25(31)34-23)12-13-32-22-11-4-2-7-19(22)27/h1-11,14H,12-13,15H2/b23-14-. The fourth-order valence-corrected chi connectivity index (χ4v) is 4.46. The molecule has 0 saturated carbocycles. The molecule has 1 aliphatic rings. The van der Waals surface area contributed by atoms with Gasteiger partial charge in [0.2, 0.25) is 0 Å². The second-order valence-corrected chi connectivity index (χ2v) is 8.95. The van der Waals surface area contributed by atoms with Crippen molar-refractivity contribution in [2.24, 2.45) is 0 Å². The Balaban J connectivity index is 1.44. The smallest absolute Gasteiger partial charge is 0.293 e. The van der Waals surface area contributed by atoms with Gasteiger partial charge in [0, 0.05) is 11.1 Å². The molecule has 9 heteroatoms. The largest absolute Gasteiger partial charge is 0.490 e. The summed E-state index contributed by atoms with van der Waals surface area (Å²) in [6, 6.07) is 18.3. The summed E-state index contributed by atoms with van der Waals surface area (Å²) in [6.07, 6.45) is 1.58. The molecule has 0 unspecified atom stereocenters. The van der Waals surface area contributed by atoms with Crippen LogP contribution in [0, 0.1) is 5.82 Å². The molecule has 3 aromatic rings. The number of ether oxygens (including phenoxy) is 2. The summed E-state index contributed by atoms with van der Waals surface area (Å²) in [5, 5.41) is 0.318. The van der Waals surface area contributed by atoms with Crippen molar-refractivity contribution >= 4 is 52.2 Å². The van der Waals surface area contributed by atoms with Crippen molar-refractivity contribution in [2.75, 3.05) is 13.2 Å². The summed E-state index contributed by atoms with van der Waals surface area (Å²) in [4.78, 5) is 26.6. The van der Waals surface area contributed by atoms with Gasteiger partial charge in [-0.1, -0.05) is 59.6 Å². The van der Waals surface area contributed by atoms with Crippen molar-refractivity contribution in [3.8, 4) is 11.5 Å². The molecule has 3 aromatic carbocycles. The van der Waals surface area contributed by atoms with Gasteiger partial charge in [-0.3, -0.25) is 14.5 Å². The Bertz CT molecular complexity index is 1250. The SMILES string of the molecule is O=C1S/C(=C\c2ccccc2OCc2c(F)cccc2Cl)C(=O)N1CCOc1ccccc1Cl. The highest BCUT2D eigenvalue weighted by molar-refractivity contribution is 8.18. The molecule has 1 fully saturated rings. The molecule has 0 radical (unpaired) electrons. The quantitative estimate of drug-likeness (QED) is 0.306. The number of para-hydroxylation sites is 2. The van der Waals surface area contributed by atoms with Crippen molar-refractivity contribution < 1.29 is 23.5 Å². The van der Waals surface area contributed by atoms with Crippen LogP contribution in [0.3, 0.4) is 0 Å². The molecule has 174 valence electrons. The van der Waals surface area contributed by atoms with E-state index in [1.165, 1.54) is 12.1 Å². The molecule has 0 aliphatic carbocycles. The van der Waals surface area contributed by atoms with E-state index in [4.69, 9.17) is 32.7 Å². The second kappa shape index (κ2) is 11.0. The Morgan fingerprint density at radius 2 is 1.59 bits per heavy atom. The highest BCUT2D eigenvalue weighted by atomic mass is 35.5. The highest BCUT2D eigenvalue weighted by Gasteiger charge is 2.35. The number of hydrogen-bond donors (Lipinski definition) is 0. The van der Waals surface area contributed by atoms with Crippen LogP contribution in [0.1, 0.15) is 11.1 Å². The number of benzene rings is 3. The zero-order valence-electron chi connectivity index (χ0n) is 17.7. The van der Waals surface area contributed by atoms with Crippen LogP contribution in [0.25, 0.3) is 6.08 Å². The second-order valence-electron chi connectivity index (χ2n) is 7.14. The van der Waals surface area contributed by atoms with Gasteiger partial charge in [-0.15, -0.1) is 0 Å². The zero-order valence-corrected chi connectivity index (χ0v) is 20.0. The maximum Gasteiger partial charge on any atom is 0.293 e. The third-order valence-corrected chi connectivity index (χ3v) is 6.50. The van der Waals surface area contributed by atoms with E-state index in [-0.39, 0.29) is 35.2 Å². The van der Waals surface area contributed by atoms with Crippen molar-refractivity contribution in [3.63, 3.8) is 0 Å². The monoisotopic (exact) mass is 517 g/mol. The normalized spacial score (nSPS) is 14.7. The molecular weight excluding hydrogens is 500 g/mol. The number of hydrogen-bond acceptors (Lipinski definition) is 5. The lowest BCUT2D eigenvalue weighted by Crippen LogP contribution is -2.32. The Hall–Kier alpha value is -3.00. The Kier molecular flexibility index (Phi) is 7.77. The molecule has 0 N–H and O–H groups in total. The van der Waals surface area contributed by atoms with E-state index >= 15 is 0 Å². The van der Waals surface area contributed by atoms with E-state index in [2.05, 4.69) is 0 Å². The van der Waals surface area contributed by atoms with Crippen LogP contribution in [0.15, 0.2) is 71.6 Å². The van der Waals surface area contributed by atoms with Crippen LogP contribution in [0.4, 0.5) is 9.18 Å². The average Bonchev–Trinajstić information content (AvgIpc) is 3.08. The Morgan fingerprint density at radius 3 is 2.35 bits per heavy atom. The van der Waals surface area contributed by atoms with Crippen LogP contribution in [-0.2, 0) is 11.4 Å². The Labute approximate surface area is 210 Å². The predicted molar refractivity (Wildman–Crippen MR) is 132 cm³/mol. The van der Waals surface area contributed by atoms with E-state index < -0.39 is 17.0 Å². The van der Waals surface area contributed by atoms with Gasteiger partial charge < -0.3 is 9.47 Å². The molecule has 5 nitrogen and oxygen atoms in total. The van der Waals surface area contributed by atoms with Gasteiger partial charge in [-0.2, -0.15) is 0 Å². The molecule has 1 aliphatic heterocycles. The summed E-state index contributed by atoms with van der Waals surface area (Å²) in [5.74, 6) is 0.0122. The molecule has 1 saturated heterocycles. The van der Waals surface area contributed by atoms with E-state index in [1.54, 1.807) is 60.7 Å². The minimum Gasteiger partial charge on any atom is -0.490 e. The van der Waals surface area contributed by atoms with Crippen LogP contribution in [0.2, 0.25) is 10.0 Å². The summed E-state index contributed by atoms with van der Waals surface area (Å²) in [7, 11) is 0. The van der Waals surface area contributed by atoms with Gasteiger partial charge in [0.1, 0.15) is 30.5 Å². The van der Waals surface area contributed by atoms with Crippen LogP contribution < -0.4 is 9.47 Å². The number of nitrogens with zero attached hydrogens (tertiary/aromatic N) is 1. The van der Waals surface area contributed by atoms with E-state index in [0.29, 0.717) is 22.1 Å². The zero-order chi connectivity index (χ0) is 24.1. The fourth-order valence-electron chi connectivity index (χ4n) is 3.19. The first-order valence-electron chi connectivity index (χ1n) is 10.2. The summed E-state index contributed by atoms with van der Waals surface area (Å²) in [6.45, 7) is 0.104. The van der Waals surface area contributed by atoms with Gasteiger partial charge in [0.05, 0.1) is 21.5 Å². The molecule has 0 atom stereocenters. The van der Waals surface area contributed by atoms with Gasteiger partial charge in [-0.05, 0) is 48.2 Å². The average molecular weight is 518 g/mol. The van der Waals surface area contributed by atoms with Crippen LogP contribution in [0.5, 0.6) is 11.5 Å². The highest BCUT2D eigenvalue weighted by Crippen LogP contribution is 2.34. The predicted octanol–water partition coefficient (Wildman–Crippen LogP) is 6.83. The summed E-state index contributed by atoms with van der Waals surface area (Å²) in [5.41, 5.74) is 0.811. The van der Waals surface area contributed by atoms with Gasteiger partial charge >= 0.3 is 0 Å². The number of halogens is 3. The number of carbonyl (C=O) groups is 2. The number of imide groups is 1. The molecular formula is C25H18Cl2FNO4S. The number of rotatable bonds is 8.